The molecule has 1 fully saturated rings. The summed E-state index contributed by atoms with van der Waals surface area (Å²) in [5.74, 6) is 0.115. The van der Waals surface area contributed by atoms with Crippen LogP contribution in [0.15, 0.2) is 41.4 Å². The topological polar surface area (TPSA) is 91.8 Å². The van der Waals surface area contributed by atoms with E-state index in [1.165, 1.54) is 16.4 Å². The molecule has 0 unspecified atom stereocenters. The summed E-state index contributed by atoms with van der Waals surface area (Å²) < 4.78 is 32.4. The molecular weight excluding hydrogens is 404 g/mol. The number of nitrogens with zero attached hydrogens (tertiary/aromatic N) is 3. The number of morpholine rings is 1. The molecule has 2 aromatic rings. The standard InChI is InChI=1S/C18H21ClN4O4S/c1-22(2)17-14(4-3-7-20-17)18(24)21-13-5-6-15(19)16(12-13)28(25,26)23-8-10-27-11-9-23/h3-7,12H,8-11H2,1-2H3,(H,21,24). The van der Waals surface area contributed by atoms with Gasteiger partial charge in [-0.15, -0.1) is 0 Å². The predicted molar refractivity (Wildman–Crippen MR) is 108 cm³/mol. The van der Waals surface area contributed by atoms with Gasteiger partial charge in [-0.25, -0.2) is 13.4 Å². The van der Waals surface area contributed by atoms with E-state index in [1.807, 2.05) is 0 Å². The summed E-state index contributed by atoms with van der Waals surface area (Å²) in [6.45, 7) is 1.19. The normalized spacial score (nSPS) is 15.2. The van der Waals surface area contributed by atoms with Crippen LogP contribution < -0.4 is 10.2 Å². The Morgan fingerprint density at radius 2 is 1.96 bits per heavy atom. The zero-order valence-electron chi connectivity index (χ0n) is 15.6. The van der Waals surface area contributed by atoms with Crippen molar-refractivity contribution in [2.45, 2.75) is 4.90 Å². The van der Waals surface area contributed by atoms with Gasteiger partial charge in [0.05, 0.1) is 23.8 Å². The van der Waals surface area contributed by atoms with Crippen LogP contribution in [0, 0.1) is 0 Å². The molecule has 1 amide bonds. The Kier molecular flexibility index (Phi) is 6.19. The molecule has 1 saturated heterocycles. The number of hydrogen-bond acceptors (Lipinski definition) is 6. The number of carbonyl (C=O) groups excluding carboxylic acids is 1. The van der Waals surface area contributed by atoms with Gasteiger partial charge in [-0.1, -0.05) is 11.6 Å². The van der Waals surface area contributed by atoms with Gasteiger partial charge in [0.25, 0.3) is 5.91 Å². The van der Waals surface area contributed by atoms with E-state index in [9.17, 15) is 13.2 Å². The number of nitrogens with one attached hydrogen (secondary N) is 1. The molecule has 0 atom stereocenters. The largest absolute Gasteiger partial charge is 0.379 e. The summed E-state index contributed by atoms with van der Waals surface area (Å²) in [5.41, 5.74) is 0.704. The molecule has 1 aromatic heterocycles. The number of halogens is 1. The highest BCUT2D eigenvalue weighted by atomic mass is 35.5. The number of benzene rings is 1. The van der Waals surface area contributed by atoms with E-state index in [1.54, 1.807) is 43.4 Å². The number of aromatic nitrogens is 1. The van der Waals surface area contributed by atoms with E-state index >= 15 is 0 Å². The first-order valence-corrected chi connectivity index (χ1v) is 10.4. The van der Waals surface area contributed by atoms with Gasteiger partial charge in [0.1, 0.15) is 10.7 Å². The van der Waals surface area contributed by atoms with Crippen molar-refractivity contribution in [3.05, 3.63) is 47.1 Å². The summed E-state index contributed by atoms with van der Waals surface area (Å²) >= 11 is 6.15. The molecule has 1 aromatic carbocycles. The number of pyridine rings is 1. The summed E-state index contributed by atoms with van der Waals surface area (Å²) in [6, 6.07) is 7.71. The smallest absolute Gasteiger partial charge is 0.259 e. The number of anilines is 2. The monoisotopic (exact) mass is 424 g/mol. The van der Waals surface area contributed by atoms with Gasteiger partial charge in [0.15, 0.2) is 0 Å². The van der Waals surface area contributed by atoms with Crippen molar-refractivity contribution in [2.24, 2.45) is 0 Å². The lowest BCUT2D eigenvalue weighted by atomic mass is 10.2. The summed E-state index contributed by atoms with van der Waals surface area (Å²) in [4.78, 5) is 18.6. The molecule has 3 rings (SSSR count). The lowest BCUT2D eigenvalue weighted by molar-refractivity contribution is 0.0730. The van der Waals surface area contributed by atoms with Crippen LogP contribution in [0.3, 0.4) is 0 Å². The number of sulfonamides is 1. The van der Waals surface area contributed by atoms with Crippen LogP contribution in [0.25, 0.3) is 0 Å². The van der Waals surface area contributed by atoms with E-state index in [2.05, 4.69) is 10.3 Å². The second-order valence-electron chi connectivity index (χ2n) is 6.38. The van der Waals surface area contributed by atoms with E-state index < -0.39 is 15.9 Å². The number of carbonyl (C=O) groups is 1. The summed E-state index contributed by atoms with van der Waals surface area (Å²) in [7, 11) is -0.215. The third kappa shape index (κ3) is 4.27. The lowest BCUT2D eigenvalue weighted by Gasteiger charge is -2.26. The average Bonchev–Trinajstić information content (AvgIpc) is 2.70. The zero-order valence-corrected chi connectivity index (χ0v) is 17.1. The highest BCUT2D eigenvalue weighted by molar-refractivity contribution is 7.89. The first-order valence-electron chi connectivity index (χ1n) is 8.62. The van der Waals surface area contributed by atoms with Gasteiger partial charge in [-0.05, 0) is 30.3 Å². The molecule has 8 nitrogen and oxygen atoms in total. The molecule has 0 saturated carbocycles. The maximum atomic E-state index is 12.9. The fourth-order valence-electron chi connectivity index (χ4n) is 2.83. The summed E-state index contributed by atoms with van der Waals surface area (Å²) in [6.07, 6.45) is 1.60. The highest BCUT2D eigenvalue weighted by Gasteiger charge is 2.28. The third-order valence-corrected chi connectivity index (χ3v) is 6.61. The Morgan fingerprint density at radius 3 is 2.64 bits per heavy atom. The van der Waals surface area contributed by atoms with Crippen molar-refractivity contribution >= 4 is 39.0 Å². The van der Waals surface area contributed by atoms with Crippen molar-refractivity contribution in [2.75, 3.05) is 50.6 Å². The summed E-state index contributed by atoms with van der Waals surface area (Å²) in [5, 5.41) is 2.82. The minimum atomic E-state index is -3.79. The molecule has 10 heteroatoms. The predicted octanol–water partition coefficient (Wildman–Crippen LogP) is 2.07. The van der Waals surface area contributed by atoms with Crippen LogP contribution >= 0.6 is 11.6 Å². The second kappa shape index (κ2) is 8.44. The second-order valence-corrected chi connectivity index (χ2v) is 8.70. The molecule has 1 aliphatic heterocycles. The zero-order chi connectivity index (χ0) is 20.3. The first kappa shape index (κ1) is 20.5. The Bertz CT molecular complexity index is 975. The Balaban J connectivity index is 1.89. The van der Waals surface area contributed by atoms with E-state index in [-0.39, 0.29) is 23.0 Å². The third-order valence-electron chi connectivity index (χ3n) is 4.23. The first-order chi connectivity index (χ1) is 13.3. The number of amides is 1. The SMILES string of the molecule is CN(C)c1ncccc1C(=O)Nc1ccc(Cl)c(S(=O)(=O)N2CCOCC2)c1. The maximum absolute atomic E-state index is 12.9. The minimum absolute atomic E-state index is 0.0483. The molecule has 150 valence electrons. The van der Waals surface area contributed by atoms with E-state index in [4.69, 9.17) is 16.3 Å². The fourth-order valence-corrected chi connectivity index (χ4v) is 4.74. The van der Waals surface area contributed by atoms with Gasteiger partial charge in [0, 0.05) is 39.1 Å². The molecular formula is C18H21ClN4O4S. The molecule has 0 bridgehead atoms. The van der Waals surface area contributed by atoms with Gasteiger partial charge < -0.3 is 15.0 Å². The van der Waals surface area contributed by atoms with Crippen LogP contribution in [0.1, 0.15) is 10.4 Å². The fraction of sp³-hybridized carbons (Fsp3) is 0.333. The minimum Gasteiger partial charge on any atom is -0.379 e. The Hall–Kier alpha value is -2.20. The van der Waals surface area contributed by atoms with Gasteiger partial charge in [0.2, 0.25) is 10.0 Å². The van der Waals surface area contributed by atoms with Crippen LogP contribution in [0.2, 0.25) is 5.02 Å². The number of ether oxygens (including phenoxy) is 1. The molecule has 1 aliphatic rings. The van der Waals surface area contributed by atoms with Gasteiger partial charge in [-0.2, -0.15) is 4.31 Å². The van der Waals surface area contributed by atoms with Crippen LogP contribution in [-0.2, 0) is 14.8 Å². The Morgan fingerprint density at radius 1 is 1.25 bits per heavy atom. The van der Waals surface area contributed by atoms with Crippen molar-refractivity contribution in [3.63, 3.8) is 0 Å². The van der Waals surface area contributed by atoms with Gasteiger partial charge >= 0.3 is 0 Å². The average molecular weight is 425 g/mol. The molecule has 2 heterocycles. The molecule has 0 spiro atoms. The van der Waals surface area contributed by atoms with Gasteiger partial charge in [-0.3, -0.25) is 4.79 Å². The maximum Gasteiger partial charge on any atom is 0.259 e. The highest BCUT2D eigenvalue weighted by Crippen LogP contribution is 2.29. The Labute approximate surface area is 169 Å². The van der Waals surface area contributed by atoms with Crippen LogP contribution in [0.5, 0.6) is 0 Å². The molecule has 0 aliphatic carbocycles. The van der Waals surface area contributed by atoms with E-state index in [0.29, 0.717) is 30.3 Å². The number of hydrogen-bond donors (Lipinski definition) is 1. The van der Waals surface area contributed by atoms with Crippen molar-refractivity contribution in [1.82, 2.24) is 9.29 Å². The molecule has 0 radical (unpaired) electrons. The molecule has 1 N–H and O–H groups in total. The van der Waals surface area contributed by atoms with Crippen molar-refractivity contribution < 1.29 is 17.9 Å². The van der Waals surface area contributed by atoms with Crippen molar-refractivity contribution in [3.8, 4) is 0 Å². The van der Waals surface area contributed by atoms with Crippen molar-refractivity contribution in [1.29, 1.82) is 0 Å². The quantitative estimate of drug-likeness (QED) is 0.790. The van der Waals surface area contributed by atoms with Crippen LogP contribution in [0.4, 0.5) is 11.5 Å². The van der Waals surface area contributed by atoms with Crippen LogP contribution in [-0.4, -0.2) is 64.0 Å². The molecule has 28 heavy (non-hydrogen) atoms. The van der Waals surface area contributed by atoms with E-state index in [0.717, 1.165) is 0 Å². The lowest BCUT2D eigenvalue weighted by Crippen LogP contribution is -2.40. The number of rotatable bonds is 5.